The number of benzene rings is 1. The summed E-state index contributed by atoms with van der Waals surface area (Å²) in [5.74, 6) is 4.23. The van der Waals surface area contributed by atoms with Crippen molar-refractivity contribution in [3.8, 4) is 0 Å². The molecule has 11 amide bonds. The third-order valence-corrected chi connectivity index (χ3v) is 18.2. The maximum Gasteiger partial charge on any atom is 0.317 e. The van der Waals surface area contributed by atoms with Gasteiger partial charge in [-0.1, -0.05) is 136 Å². The average Bonchev–Trinajstić information content (AvgIpc) is 1.14. The fourth-order valence-electron chi connectivity index (χ4n) is 11.0. The molecule has 1 atom stereocenters. The molecule has 27 nitrogen and oxygen atoms in total. The molecule has 3 aliphatic carbocycles. The lowest BCUT2D eigenvalue weighted by Crippen LogP contribution is -2.64. The number of carbonyl (C=O) groups excluding carboxylic acids is 10. The monoisotopic (exact) mass is 1480 g/mol. The van der Waals surface area contributed by atoms with E-state index in [9.17, 15) is 47.9 Å². The quantitative estimate of drug-likeness (QED) is 0.0482. The third kappa shape index (κ3) is 31.1. The van der Waals surface area contributed by atoms with Crippen molar-refractivity contribution in [1.82, 2.24) is 80.6 Å². The Kier molecular flexibility index (Phi) is 37.7. The number of nitrogens with zero attached hydrogens (tertiary/aromatic N) is 11. The van der Waals surface area contributed by atoms with Crippen LogP contribution in [0, 0.1) is 47.3 Å². The summed E-state index contributed by atoms with van der Waals surface area (Å²) in [5.41, 5.74) is 3.86. The van der Waals surface area contributed by atoms with Crippen molar-refractivity contribution in [2.75, 3.05) is 66.0 Å². The number of hydrogen-bond acceptors (Lipinski definition) is 15. The van der Waals surface area contributed by atoms with Gasteiger partial charge in [-0.2, -0.15) is 10.2 Å². The van der Waals surface area contributed by atoms with E-state index in [1.807, 2.05) is 141 Å². The molecule has 0 bridgehead atoms. The van der Waals surface area contributed by atoms with E-state index in [2.05, 4.69) is 102 Å². The zero-order chi connectivity index (χ0) is 79.2. The molecule has 7 fully saturated rings. The molecular weight excluding hydrogens is 1350 g/mol. The first-order valence-corrected chi connectivity index (χ1v) is 38.3. The van der Waals surface area contributed by atoms with Gasteiger partial charge in [0.25, 0.3) is 5.91 Å². The summed E-state index contributed by atoms with van der Waals surface area (Å²) in [6, 6.07) is 15.4. The molecule has 4 saturated heterocycles. The summed E-state index contributed by atoms with van der Waals surface area (Å²) in [6.07, 6.45) is 12.3. The van der Waals surface area contributed by atoms with Crippen molar-refractivity contribution in [2.24, 2.45) is 61.4 Å². The van der Waals surface area contributed by atoms with Crippen LogP contribution in [0.15, 0.2) is 67.3 Å². The van der Waals surface area contributed by atoms with E-state index in [0.717, 1.165) is 79.8 Å². The van der Waals surface area contributed by atoms with Gasteiger partial charge in [0.05, 0.1) is 30.4 Å². The average molecular weight is 1480 g/mol. The van der Waals surface area contributed by atoms with Crippen molar-refractivity contribution >= 4 is 59.2 Å². The minimum absolute atomic E-state index is 0.000878. The van der Waals surface area contributed by atoms with Gasteiger partial charge >= 0.3 is 6.03 Å². The van der Waals surface area contributed by atoms with Crippen LogP contribution in [-0.2, 0) is 59.1 Å². The molecule has 4 aliphatic heterocycles. The Bertz CT molecular complexity index is 3380. The maximum absolute atomic E-state index is 12.3. The van der Waals surface area contributed by atoms with Crippen molar-refractivity contribution in [3.63, 3.8) is 0 Å². The Labute approximate surface area is 630 Å². The number of urea groups is 1. The highest BCUT2D eigenvalue weighted by Gasteiger charge is 2.48. The van der Waals surface area contributed by atoms with Gasteiger partial charge in [-0.25, -0.2) is 9.78 Å². The van der Waals surface area contributed by atoms with Gasteiger partial charge in [-0.3, -0.25) is 62.4 Å². The predicted molar refractivity (Wildman–Crippen MR) is 410 cm³/mol. The van der Waals surface area contributed by atoms with Crippen molar-refractivity contribution < 1.29 is 53.1 Å². The molecule has 7 heterocycles. The summed E-state index contributed by atoms with van der Waals surface area (Å²) in [6.45, 7) is 39.6. The van der Waals surface area contributed by atoms with Crippen LogP contribution >= 0.6 is 0 Å². The maximum atomic E-state index is 12.3. The summed E-state index contributed by atoms with van der Waals surface area (Å²) >= 11 is 0. The second-order valence-corrected chi connectivity index (χ2v) is 31.0. The van der Waals surface area contributed by atoms with Crippen LogP contribution in [0.5, 0.6) is 0 Å². The number of nitrogens with one attached hydrogen (secondary N) is 5. The van der Waals surface area contributed by atoms with E-state index in [1.165, 1.54) is 4.90 Å². The summed E-state index contributed by atoms with van der Waals surface area (Å²) in [7, 11) is 5.45. The molecule has 6 N–H and O–H groups in total. The van der Waals surface area contributed by atoms with Gasteiger partial charge in [0.2, 0.25) is 47.3 Å². The molecule has 0 radical (unpaired) electrons. The number of rotatable bonds is 19. The molecule has 0 spiro atoms. The summed E-state index contributed by atoms with van der Waals surface area (Å²) in [4.78, 5) is 133. The largest absolute Gasteiger partial charge is 0.392 e. The van der Waals surface area contributed by atoms with Crippen molar-refractivity contribution in [1.29, 1.82) is 0 Å². The van der Waals surface area contributed by atoms with Gasteiger partial charge in [-0.15, -0.1) is 0 Å². The molecule has 3 saturated carbocycles. The fourth-order valence-corrected chi connectivity index (χ4v) is 11.0. The van der Waals surface area contributed by atoms with Crippen LogP contribution in [0.4, 0.5) is 4.79 Å². The lowest BCUT2D eigenvalue weighted by atomic mass is 10.0. The van der Waals surface area contributed by atoms with Crippen LogP contribution in [0.25, 0.3) is 0 Å². The number of amides is 11. The summed E-state index contributed by atoms with van der Waals surface area (Å²) < 4.78 is 3.62. The molecule has 4 aromatic rings. The predicted octanol–water partition coefficient (Wildman–Crippen LogP) is 8.21. The second-order valence-electron chi connectivity index (χ2n) is 31.0. The minimum Gasteiger partial charge on any atom is -0.392 e. The first-order chi connectivity index (χ1) is 50.0. The number of pyridine rings is 1. The van der Waals surface area contributed by atoms with Crippen LogP contribution in [0.3, 0.4) is 0 Å². The molecular formula is C79H128N16O11. The standard InChI is InChI=1S/C15H22N2O3.C11H18N2O2.C11H15NO.C10H19N3O2.C10H18N2O2.C9H13NO.C7H12N2.C6H11N3/c1-9(2)13(18)16-7-12(8-16)17(14(19)10-3-4-10)15(20)11-5-6-11;1-7(2)11(15)13-5-9(6-13)12-10(14)8-3-4-8;1-9(2)8-12-11(13)10-6-4-3-5-7-10;1-7(2)9(14)12-8-4-5-13(6-8)10(15)11-3;1-4-9(13)11-8-5-12(6-8)10(14)7(2)3;1-7(2)9-5-8(6-11)3-4-10-9;1-6(2)7-4-5-9(3)8-7;1-5(2)6-7-4-8-9(6)3/h9-12H,3-8H2,1-2H3;7-9H,3-6H2,1-2H3,(H,12,14);3-7,9H,8H2,1-2H3,(H,12,13);7-8H,4-6H2,1-3H3,(H,11,15)(H,12,14);7-8H,4-6H2,1-3H3,(H,11,13);3-5,7,11H,6H2,1-2H3;4-6H,1-3H3;4-5H,1-3H3. The van der Waals surface area contributed by atoms with E-state index >= 15 is 0 Å². The van der Waals surface area contributed by atoms with Crippen molar-refractivity contribution in [2.45, 2.75) is 218 Å². The van der Waals surface area contributed by atoms with Crippen LogP contribution < -0.4 is 26.6 Å². The van der Waals surface area contributed by atoms with E-state index in [-0.39, 0.29) is 131 Å². The molecule has 11 rings (SSSR count). The van der Waals surface area contributed by atoms with Crippen LogP contribution in [-0.4, -0.2) is 208 Å². The fraction of sp³-hybridized carbons (Fsp3) is 0.671. The zero-order valence-corrected chi connectivity index (χ0v) is 67.2. The van der Waals surface area contributed by atoms with Gasteiger partial charge in [0.15, 0.2) is 0 Å². The van der Waals surface area contributed by atoms with E-state index < -0.39 is 0 Å². The number of hydrogen-bond donors (Lipinski definition) is 6. The van der Waals surface area contributed by atoms with Crippen molar-refractivity contribution in [3.05, 3.63) is 95.6 Å². The Morgan fingerprint density at radius 2 is 1.06 bits per heavy atom. The van der Waals surface area contributed by atoms with E-state index in [0.29, 0.717) is 82.5 Å². The SMILES string of the molecule is CC(C)C(=O)N1CC(N(C(=O)C2CC2)C(=O)C2CC2)C1.CC(C)C(=O)N1CC(NC(=O)C2CC2)C1.CC(C)CNC(=O)c1ccccc1.CC(C)c1cc(CO)ccn1.CC(C)c1ccn(C)n1.CC(C)c1ncnn1C.CCC(=O)NC1CN(C(=O)C(C)C)C1.CNC(=O)N1CCC(NC(=O)C(C)C)C1. The highest BCUT2D eigenvalue weighted by Crippen LogP contribution is 2.38. The Hall–Kier alpha value is -8.62. The first-order valence-electron chi connectivity index (χ1n) is 38.3. The molecule has 1 unspecified atom stereocenters. The second kappa shape index (κ2) is 44.5. The minimum atomic E-state index is -0.0844. The Morgan fingerprint density at radius 1 is 0.557 bits per heavy atom. The number of aliphatic hydroxyl groups is 1. The van der Waals surface area contributed by atoms with Gasteiger partial charge in [-0.05, 0) is 98.6 Å². The number of aryl methyl sites for hydroxylation is 2. The molecule has 3 aromatic heterocycles. The van der Waals surface area contributed by atoms with Gasteiger partial charge in [0.1, 0.15) is 12.2 Å². The van der Waals surface area contributed by atoms with Gasteiger partial charge in [0, 0.05) is 164 Å². The topological polar surface area (TPSA) is 329 Å². The molecule has 106 heavy (non-hydrogen) atoms. The molecule has 27 heteroatoms. The Morgan fingerprint density at radius 3 is 1.44 bits per heavy atom. The Balaban J connectivity index is 0.000000259. The molecule has 1 aromatic carbocycles. The van der Waals surface area contributed by atoms with E-state index in [1.54, 1.807) is 39.0 Å². The zero-order valence-electron chi connectivity index (χ0n) is 67.2. The smallest absolute Gasteiger partial charge is 0.317 e. The van der Waals surface area contributed by atoms with E-state index in [4.69, 9.17) is 5.11 Å². The highest BCUT2D eigenvalue weighted by molar-refractivity contribution is 6.00. The third-order valence-electron chi connectivity index (χ3n) is 18.2. The number of carbonyl (C=O) groups is 10. The molecule has 7 aliphatic rings. The number of likely N-dealkylation sites (tertiary alicyclic amines) is 4. The number of aliphatic hydroxyl groups excluding tert-OH is 1. The first kappa shape index (κ1) is 89.8. The lowest BCUT2D eigenvalue weighted by Gasteiger charge is -2.45. The molecule has 590 valence electrons. The van der Waals surface area contributed by atoms with Crippen LogP contribution in [0.1, 0.15) is 220 Å². The normalized spacial score (nSPS) is 16.6. The summed E-state index contributed by atoms with van der Waals surface area (Å²) in [5, 5.41) is 31.2. The lowest BCUT2D eigenvalue weighted by molar-refractivity contribution is -0.159. The van der Waals surface area contributed by atoms with Gasteiger partial charge < -0.3 is 51.3 Å². The number of aromatic nitrogens is 6. The highest BCUT2D eigenvalue weighted by atomic mass is 16.3. The van der Waals surface area contributed by atoms with Crippen LogP contribution in [0.2, 0.25) is 0 Å². The number of imide groups is 1.